The first-order valence-corrected chi connectivity index (χ1v) is 9.00. The molecule has 1 aliphatic heterocycles. The standard InChI is InChI=1S/C17H19NO3S2/c1-11(19)12-5-7-13(8-6-12)22-15-18-9-14(23-15)17(4)10-20-16(2,3)21-17/h5-9H,10H2,1-4H3/t17-/m1/s1. The van der Waals surface area contributed by atoms with Crippen molar-refractivity contribution in [3.63, 3.8) is 0 Å². The molecule has 2 aromatic rings. The summed E-state index contributed by atoms with van der Waals surface area (Å²) in [4.78, 5) is 17.9. The third kappa shape index (κ3) is 3.66. The van der Waals surface area contributed by atoms with E-state index >= 15 is 0 Å². The van der Waals surface area contributed by atoms with Crippen molar-refractivity contribution in [2.75, 3.05) is 6.61 Å². The first-order chi connectivity index (χ1) is 10.8. The molecule has 1 atom stereocenters. The molecule has 2 heterocycles. The van der Waals surface area contributed by atoms with Crippen LogP contribution in [0.15, 0.2) is 39.7 Å². The van der Waals surface area contributed by atoms with Crippen molar-refractivity contribution < 1.29 is 14.3 Å². The quantitative estimate of drug-likeness (QED) is 0.761. The zero-order valence-electron chi connectivity index (χ0n) is 13.6. The third-order valence-electron chi connectivity index (χ3n) is 3.64. The first kappa shape index (κ1) is 16.6. The highest BCUT2D eigenvalue weighted by atomic mass is 32.2. The molecule has 1 aromatic carbocycles. The van der Waals surface area contributed by atoms with Crippen molar-refractivity contribution in [1.29, 1.82) is 0 Å². The Morgan fingerprint density at radius 1 is 1.26 bits per heavy atom. The van der Waals surface area contributed by atoms with E-state index in [1.807, 2.05) is 51.2 Å². The van der Waals surface area contributed by atoms with Gasteiger partial charge in [-0.25, -0.2) is 4.98 Å². The normalized spacial score (nSPS) is 23.1. The minimum Gasteiger partial charge on any atom is -0.347 e. The van der Waals surface area contributed by atoms with Crippen LogP contribution in [-0.2, 0) is 15.1 Å². The lowest BCUT2D eigenvalue weighted by molar-refractivity contribution is -0.158. The second kappa shape index (κ2) is 6.02. The molecule has 1 fully saturated rings. The highest BCUT2D eigenvalue weighted by molar-refractivity contribution is 8.01. The van der Waals surface area contributed by atoms with Crippen LogP contribution >= 0.6 is 23.1 Å². The van der Waals surface area contributed by atoms with Crippen molar-refractivity contribution in [2.45, 2.75) is 48.3 Å². The Balaban J connectivity index is 1.74. The number of aromatic nitrogens is 1. The van der Waals surface area contributed by atoms with Gasteiger partial charge in [0.25, 0.3) is 0 Å². The lowest BCUT2D eigenvalue weighted by Gasteiger charge is -2.23. The number of Topliss-reactive ketones (excluding diaryl/α,β-unsaturated/α-hetero) is 1. The fourth-order valence-corrected chi connectivity index (χ4v) is 4.46. The maximum atomic E-state index is 11.3. The van der Waals surface area contributed by atoms with Gasteiger partial charge in [0.15, 0.2) is 15.9 Å². The molecule has 1 saturated heterocycles. The van der Waals surface area contributed by atoms with Crippen LogP contribution in [0.4, 0.5) is 0 Å². The molecule has 6 heteroatoms. The van der Waals surface area contributed by atoms with Gasteiger partial charge in [0.05, 0.1) is 11.5 Å². The van der Waals surface area contributed by atoms with Crippen molar-refractivity contribution in [3.05, 3.63) is 40.9 Å². The van der Waals surface area contributed by atoms with Crippen molar-refractivity contribution in [3.8, 4) is 0 Å². The number of nitrogens with zero attached hydrogens (tertiary/aromatic N) is 1. The van der Waals surface area contributed by atoms with Crippen molar-refractivity contribution in [1.82, 2.24) is 4.98 Å². The maximum Gasteiger partial charge on any atom is 0.164 e. The topological polar surface area (TPSA) is 48.4 Å². The predicted molar refractivity (Wildman–Crippen MR) is 91.2 cm³/mol. The Kier molecular flexibility index (Phi) is 4.35. The summed E-state index contributed by atoms with van der Waals surface area (Å²) >= 11 is 3.20. The molecule has 0 radical (unpaired) electrons. The molecular formula is C17H19NO3S2. The molecule has 0 unspecified atom stereocenters. The lowest BCUT2D eigenvalue weighted by atomic mass is 10.1. The van der Waals surface area contributed by atoms with Crippen LogP contribution in [0.1, 0.15) is 42.9 Å². The maximum absolute atomic E-state index is 11.3. The SMILES string of the molecule is CC(=O)c1ccc(Sc2ncc([C@@]3(C)COC(C)(C)O3)s2)cc1. The second-order valence-electron chi connectivity index (χ2n) is 6.19. The summed E-state index contributed by atoms with van der Waals surface area (Å²) < 4.78 is 12.7. The van der Waals surface area contributed by atoms with Gasteiger partial charge in [-0.1, -0.05) is 23.9 Å². The van der Waals surface area contributed by atoms with E-state index in [9.17, 15) is 4.79 Å². The number of hydrogen-bond donors (Lipinski definition) is 0. The lowest BCUT2D eigenvalue weighted by Crippen LogP contribution is -2.27. The van der Waals surface area contributed by atoms with Gasteiger partial charge >= 0.3 is 0 Å². The Morgan fingerprint density at radius 3 is 2.52 bits per heavy atom. The minimum absolute atomic E-state index is 0.0759. The monoisotopic (exact) mass is 349 g/mol. The van der Waals surface area contributed by atoms with Gasteiger partial charge in [-0.05, 0) is 39.8 Å². The number of ether oxygens (including phenoxy) is 2. The summed E-state index contributed by atoms with van der Waals surface area (Å²) in [5.74, 6) is -0.485. The third-order valence-corrected chi connectivity index (χ3v) is 5.96. The molecule has 23 heavy (non-hydrogen) atoms. The largest absolute Gasteiger partial charge is 0.347 e. The Bertz CT molecular complexity index is 724. The second-order valence-corrected chi connectivity index (χ2v) is 8.55. The van der Waals surface area contributed by atoms with Crippen molar-refractivity contribution in [2.24, 2.45) is 0 Å². The minimum atomic E-state index is -0.561. The van der Waals surface area contributed by atoms with Crippen LogP contribution in [0.25, 0.3) is 0 Å². The number of ketones is 1. The van der Waals surface area contributed by atoms with Crippen LogP contribution in [0.3, 0.4) is 0 Å². The molecule has 4 nitrogen and oxygen atoms in total. The highest BCUT2D eigenvalue weighted by Gasteiger charge is 2.44. The molecule has 0 saturated carbocycles. The zero-order chi connectivity index (χ0) is 16.7. The summed E-state index contributed by atoms with van der Waals surface area (Å²) in [7, 11) is 0. The van der Waals surface area contributed by atoms with Gasteiger partial charge < -0.3 is 9.47 Å². The van der Waals surface area contributed by atoms with Gasteiger partial charge in [-0.3, -0.25) is 4.79 Å². The Morgan fingerprint density at radius 2 is 1.96 bits per heavy atom. The summed E-state index contributed by atoms with van der Waals surface area (Å²) in [6, 6.07) is 7.58. The van der Waals surface area contributed by atoms with Crippen LogP contribution in [0.2, 0.25) is 0 Å². The molecular weight excluding hydrogens is 330 g/mol. The molecule has 0 bridgehead atoms. The van der Waals surface area contributed by atoms with E-state index in [4.69, 9.17) is 9.47 Å². The van der Waals surface area contributed by atoms with Gasteiger partial charge in [0.2, 0.25) is 0 Å². The van der Waals surface area contributed by atoms with E-state index in [0.29, 0.717) is 6.61 Å². The van der Waals surface area contributed by atoms with Gasteiger partial charge in [0, 0.05) is 16.7 Å². The number of thiazole rings is 1. The van der Waals surface area contributed by atoms with Gasteiger partial charge in [-0.2, -0.15) is 0 Å². The molecule has 3 rings (SSSR count). The van der Waals surface area contributed by atoms with E-state index in [2.05, 4.69) is 4.98 Å². The molecule has 0 aliphatic carbocycles. The first-order valence-electron chi connectivity index (χ1n) is 7.37. The van der Waals surface area contributed by atoms with E-state index in [0.717, 1.165) is 19.7 Å². The van der Waals surface area contributed by atoms with Gasteiger partial charge in [0.1, 0.15) is 5.60 Å². The Hall–Kier alpha value is -1.21. The fourth-order valence-electron chi connectivity index (χ4n) is 2.44. The molecule has 0 spiro atoms. The summed E-state index contributed by atoms with van der Waals surface area (Å²) in [6.45, 7) is 7.98. The summed E-state index contributed by atoms with van der Waals surface area (Å²) in [6.07, 6.45) is 1.86. The van der Waals surface area contributed by atoms with Gasteiger partial charge in [-0.15, -0.1) is 11.3 Å². The summed E-state index contributed by atoms with van der Waals surface area (Å²) in [5.41, 5.74) is 0.277. The molecule has 0 amide bonds. The molecule has 122 valence electrons. The van der Waals surface area contributed by atoms with E-state index in [-0.39, 0.29) is 5.78 Å². The van der Waals surface area contributed by atoms with E-state index in [1.54, 1.807) is 30.0 Å². The number of carbonyl (C=O) groups excluding carboxylic acids is 1. The smallest absolute Gasteiger partial charge is 0.164 e. The van der Waals surface area contributed by atoms with Crippen LogP contribution in [0.5, 0.6) is 0 Å². The van der Waals surface area contributed by atoms with E-state index < -0.39 is 11.4 Å². The number of hydrogen-bond acceptors (Lipinski definition) is 6. The highest BCUT2D eigenvalue weighted by Crippen LogP contribution is 2.42. The average Bonchev–Trinajstić information content (AvgIpc) is 3.05. The predicted octanol–water partition coefficient (Wildman–Crippen LogP) is 4.50. The van der Waals surface area contributed by atoms with Crippen LogP contribution in [0, 0.1) is 0 Å². The average molecular weight is 349 g/mol. The van der Waals surface area contributed by atoms with Crippen LogP contribution < -0.4 is 0 Å². The zero-order valence-corrected chi connectivity index (χ0v) is 15.2. The van der Waals surface area contributed by atoms with Crippen LogP contribution in [-0.4, -0.2) is 23.2 Å². The number of benzene rings is 1. The number of rotatable bonds is 4. The summed E-state index contributed by atoms with van der Waals surface area (Å²) in [5, 5.41) is 0. The number of carbonyl (C=O) groups is 1. The Labute approximate surface area is 144 Å². The van der Waals surface area contributed by atoms with E-state index in [1.165, 1.54) is 0 Å². The fraction of sp³-hybridized carbons (Fsp3) is 0.412. The molecule has 1 aromatic heterocycles. The van der Waals surface area contributed by atoms with Crippen molar-refractivity contribution >= 4 is 28.9 Å². The molecule has 0 N–H and O–H groups in total. The molecule has 1 aliphatic rings.